The molecule has 168 valence electrons. The SMILES string of the molecule is CC1=NCCN=C(Nc2ccccc2C)CC(C)=NCCN=C(Nc2ccccc2C)C1. The maximum absolute atomic E-state index is 4.80. The molecule has 1 aliphatic rings. The first-order chi connectivity index (χ1) is 15.5. The minimum atomic E-state index is 0.635. The first-order valence-corrected chi connectivity index (χ1v) is 11.2. The number of aliphatic imine (C=N–C) groups is 4. The van der Waals surface area contributed by atoms with Crippen molar-refractivity contribution >= 4 is 34.5 Å². The van der Waals surface area contributed by atoms with E-state index in [0.29, 0.717) is 39.0 Å². The summed E-state index contributed by atoms with van der Waals surface area (Å²) in [6.07, 6.45) is 1.38. The van der Waals surface area contributed by atoms with E-state index in [9.17, 15) is 0 Å². The van der Waals surface area contributed by atoms with Crippen LogP contribution in [0.1, 0.15) is 37.8 Å². The zero-order valence-electron chi connectivity index (χ0n) is 19.7. The summed E-state index contributed by atoms with van der Waals surface area (Å²) in [6, 6.07) is 16.5. The van der Waals surface area contributed by atoms with Crippen molar-refractivity contribution < 1.29 is 0 Å². The Labute approximate surface area is 191 Å². The molecule has 0 aliphatic carbocycles. The Balaban J connectivity index is 1.74. The van der Waals surface area contributed by atoms with E-state index in [4.69, 9.17) is 20.0 Å². The summed E-state index contributed by atoms with van der Waals surface area (Å²) in [5.74, 6) is 1.85. The number of nitrogens with zero attached hydrogens (tertiary/aromatic N) is 4. The van der Waals surface area contributed by atoms with Crippen LogP contribution in [0.5, 0.6) is 0 Å². The van der Waals surface area contributed by atoms with Gasteiger partial charge in [-0.3, -0.25) is 20.0 Å². The average Bonchev–Trinajstić information content (AvgIpc) is 2.76. The normalized spacial score (nSPS) is 16.1. The Morgan fingerprint density at radius 1 is 0.531 bits per heavy atom. The van der Waals surface area contributed by atoms with Crippen molar-refractivity contribution in [3.8, 4) is 0 Å². The minimum absolute atomic E-state index is 0.635. The molecule has 0 aromatic heterocycles. The van der Waals surface area contributed by atoms with Gasteiger partial charge in [0, 0.05) is 35.6 Å². The standard InChI is InChI=1S/C26H34N6/c1-19-9-5-7-11-23(19)31-25-17-21(3)27-14-16-30-26(18-22(4)28-13-15-29-25)32-24-12-8-6-10-20(24)2/h5-12H,13-18H2,1-4H3,(H,29,31)(H,30,32). The second-order valence-electron chi connectivity index (χ2n) is 8.12. The third-order valence-corrected chi connectivity index (χ3v) is 5.26. The zero-order chi connectivity index (χ0) is 22.8. The number of hydrogen-bond acceptors (Lipinski definition) is 6. The number of nitrogens with one attached hydrogen (secondary N) is 2. The average molecular weight is 431 g/mol. The van der Waals surface area contributed by atoms with Crippen LogP contribution in [-0.2, 0) is 0 Å². The van der Waals surface area contributed by atoms with Gasteiger partial charge in [0.1, 0.15) is 11.7 Å². The van der Waals surface area contributed by atoms with E-state index in [1.807, 2.05) is 24.3 Å². The lowest BCUT2D eigenvalue weighted by Crippen LogP contribution is -2.19. The summed E-state index contributed by atoms with van der Waals surface area (Å²) >= 11 is 0. The summed E-state index contributed by atoms with van der Waals surface area (Å²) in [5, 5.41) is 6.99. The first-order valence-electron chi connectivity index (χ1n) is 11.2. The third kappa shape index (κ3) is 7.45. The largest absolute Gasteiger partial charge is 0.344 e. The number of anilines is 2. The van der Waals surface area contributed by atoms with Gasteiger partial charge in [0.15, 0.2) is 0 Å². The molecule has 0 bridgehead atoms. The van der Waals surface area contributed by atoms with Crippen LogP contribution in [0.3, 0.4) is 0 Å². The summed E-state index contributed by atoms with van der Waals surface area (Å²) in [7, 11) is 0. The molecule has 1 aliphatic heterocycles. The van der Waals surface area contributed by atoms with Gasteiger partial charge in [-0.15, -0.1) is 0 Å². The van der Waals surface area contributed by atoms with Gasteiger partial charge in [-0.2, -0.15) is 0 Å². The van der Waals surface area contributed by atoms with Crippen LogP contribution in [0.15, 0.2) is 68.5 Å². The number of aryl methyl sites for hydroxylation is 2. The molecule has 32 heavy (non-hydrogen) atoms. The fraction of sp³-hybridized carbons (Fsp3) is 0.385. The molecule has 0 saturated carbocycles. The van der Waals surface area contributed by atoms with Crippen LogP contribution < -0.4 is 10.6 Å². The van der Waals surface area contributed by atoms with Crippen molar-refractivity contribution in [1.82, 2.24) is 0 Å². The molecule has 0 atom stereocenters. The number of rotatable bonds is 2. The highest BCUT2D eigenvalue weighted by atomic mass is 15.0. The highest BCUT2D eigenvalue weighted by Gasteiger charge is 2.07. The summed E-state index contributed by atoms with van der Waals surface area (Å²) in [4.78, 5) is 19.1. The maximum atomic E-state index is 4.80. The van der Waals surface area contributed by atoms with Crippen LogP contribution in [-0.4, -0.2) is 49.3 Å². The lowest BCUT2D eigenvalue weighted by Gasteiger charge is -2.14. The van der Waals surface area contributed by atoms with Gasteiger partial charge in [0.2, 0.25) is 0 Å². The van der Waals surface area contributed by atoms with E-state index < -0.39 is 0 Å². The molecule has 3 rings (SSSR count). The molecule has 0 saturated heterocycles. The third-order valence-electron chi connectivity index (χ3n) is 5.26. The van der Waals surface area contributed by atoms with E-state index in [1.165, 1.54) is 11.1 Å². The van der Waals surface area contributed by atoms with Crippen molar-refractivity contribution in [2.24, 2.45) is 20.0 Å². The Bertz CT molecular complexity index is 949. The Morgan fingerprint density at radius 2 is 0.906 bits per heavy atom. The molecular weight excluding hydrogens is 396 g/mol. The summed E-state index contributed by atoms with van der Waals surface area (Å²) in [5.41, 5.74) is 6.64. The molecule has 1 heterocycles. The van der Waals surface area contributed by atoms with Crippen molar-refractivity contribution in [1.29, 1.82) is 0 Å². The van der Waals surface area contributed by atoms with Gasteiger partial charge in [-0.25, -0.2) is 0 Å². The zero-order valence-corrected chi connectivity index (χ0v) is 19.7. The minimum Gasteiger partial charge on any atom is -0.344 e. The molecule has 0 radical (unpaired) electrons. The molecule has 0 fully saturated rings. The van der Waals surface area contributed by atoms with Gasteiger partial charge >= 0.3 is 0 Å². The highest BCUT2D eigenvalue weighted by molar-refractivity contribution is 6.09. The monoisotopic (exact) mass is 430 g/mol. The second kappa shape index (κ2) is 11.9. The Kier molecular flexibility index (Phi) is 8.72. The van der Waals surface area contributed by atoms with Crippen LogP contribution in [0.4, 0.5) is 11.4 Å². The number of amidine groups is 2. The van der Waals surface area contributed by atoms with E-state index in [-0.39, 0.29) is 0 Å². The van der Waals surface area contributed by atoms with E-state index >= 15 is 0 Å². The summed E-state index contributed by atoms with van der Waals surface area (Å²) in [6.45, 7) is 10.9. The number of benzene rings is 2. The maximum Gasteiger partial charge on any atom is 0.106 e. The van der Waals surface area contributed by atoms with E-state index in [0.717, 1.165) is 34.5 Å². The lowest BCUT2D eigenvalue weighted by atomic mass is 10.2. The molecule has 2 N–H and O–H groups in total. The van der Waals surface area contributed by atoms with Crippen molar-refractivity contribution in [3.05, 3.63) is 59.7 Å². The highest BCUT2D eigenvalue weighted by Crippen LogP contribution is 2.15. The van der Waals surface area contributed by atoms with Gasteiger partial charge in [-0.05, 0) is 51.0 Å². The van der Waals surface area contributed by atoms with Crippen LogP contribution in [0.25, 0.3) is 0 Å². The molecular formula is C26H34N6. The molecule has 6 heteroatoms. The van der Waals surface area contributed by atoms with Gasteiger partial charge in [0.05, 0.1) is 26.2 Å². The van der Waals surface area contributed by atoms with Crippen molar-refractivity contribution in [2.45, 2.75) is 40.5 Å². The smallest absolute Gasteiger partial charge is 0.106 e. The fourth-order valence-corrected chi connectivity index (χ4v) is 3.46. The predicted octanol–water partition coefficient (Wildman–Crippen LogP) is 5.34. The van der Waals surface area contributed by atoms with E-state index in [2.05, 4.69) is 62.6 Å². The topological polar surface area (TPSA) is 73.5 Å². The number of hydrogen-bond donors (Lipinski definition) is 2. The Morgan fingerprint density at radius 3 is 1.31 bits per heavy atom. The summed E-state index contributed by atoms with van der Waals surface area (Å²) < 4.78 is 0. The fourth-order valence-electron chi connectivity index (χ4n) is 3.46. The van der Waals surface area contributed by atoms with Gasteiger partial charge in [-0.1, -0.05) is 36.4 Å². The van der Waals surface area contributed by atoms with Crippen LogP contribution in [0, 0.1) is 13.8 Å². The second-order valence-corrected chi connectivity index (χ2v) is 8.12. The quantitative estimate of drug-likeness (QED) is 0.675. The molecule has 2 aromatic carbocycles. The predicted molar refractivity (Wildman–Crippen MR) is 139 cm³/mol. The van der Waals surface area contributed by atoms with Crippen LogP contribution >= 0.6 is 0 Å². The molecule has 2 aromatic rings. The molecule has 0 spiro atoms. The van der Waals surface area contributed by atoms with Crippen molar-refractivity contribution in [3.63, 3.8) is 0 Å². The lowest BCUT2D eigenvalue weighted by molar-refractivity contribution is 0.950. The number of para-hydroxylation sites is 2. The first kappa shape index (κ1) is 23.4. The van der Waals surface area contributed by atoms with Gasteiger partial charge < -0.3 is 10.6 Å². The van der Waals surface area contributed by atoms with Gasteiger partial charge in [0.25, 0.3) is 0 Å². The van der Waals surface area contributed by atoms with E-state index in [1.54, 1.807) is 0 Å². The van der Waals surface area contributed by atoms with Crippen LogP contribution in [0.2, 0.25) is 0 Å². The molecule has 6 nitrogen and oxygen atoms in total. The molecule has 0 amide bonds. The Hall–Kier alpha value is -3.28. The molecule has 0 unspecified atom stereocenters. The van der Waals surface area contributed by atoms with Crippen molar-refractivity contribution in [2.75, 3.05) is 36.8 Å².